The van der Waals surface area contributed by atoms with Crippen molar-refractivity contribution < 1.29 is 28.6 Å². The molecule has 58 heavy (non-hydrogen) atoms. The highest BCUT2D eigenvalue weighted by molar-refractivity contribution is 5.71. The predicted molar refractivity (Wildman–Crippen MR) is 247 cm³/mol. The van der Waals surface area contributed by atoms with E-state index in [2.05, 4.69) is 57.2 Å². The molecule has 0 aromatic heterocycles. The fraction of sp³-hybridized carbons (Fsp3) is 0.827. The standard InChI is InChI=1S/C52H94O6/c1-4-7-10-13-16-19-22-25-27-30-33-36-39-42-45-51(54)57-48-49(47-56-50(53)44-41-38-35-32-29-24-21-18-15-12-9-6-3)58-52(55)46-43-40-37-34-31-28-26-23-20-17-14-11-8-5-2/h7,10,16,18-19,21,49H,4-6,8-9,11-15,17,20,22-48H2,1-3H3/b10-7-,19-16-,21-18-. The van der Waals surface area contributed by atoms with Gasteiger partial charge in [-0.2, -0.15) is 0 Å². The number of carbonyl (C=O) groups is 3. The third-order valence-corrected chi connectivity index (χ3v) is 10.9. The smallest absolute Gasteiger partial charge is 0.306 e. The maximum absolute atomic E-state index is 12.8. The van der Waals surface area contributed by atoms with E-state index in [1.165, 1.54) is 135 Å². The molecule has 0 fully saturated rings. The molecule has 0 saturated heterocycles. The summed E-state index contributed by atoms with van der Waals surface area (Å²) in [4.78, 5) is 37.9. The molecule has 6 nitrogen and oxygen atoms in total. The Bertz CT molecular complexity index is 984. The Kier molecular flexibility index (Phi) is 45.4. The van der Waals surface area contributed by atoms with Crippen LogP contribution in [0.2, 0.25) is 0 Å². The number of hydrogen-bond donors (Lipinski definition) is 0. The minimum Gasteiger partial charge on any atom is -0.462 e. The van der Waals surface area contributed by atoms with Crippen molar-refractivity contribution in [3.8, 4) is 0 Å². The van der Waals surface area contributed by atoms with E-state index in [1.54, 1.807) is 0 Å². The Balaban J connectivity index is 4.37. The van der Waals surface area contributed by atoms with Crippen LogP contribution in [0.5, 0.6) is 0 Å². The Labute approximate surface area is 359 Å². The summed E-state index contributed by atoms with van der Waals surface area (Å²) in [6, 6.07) is 0. The third-order valence-electron chi connectivity index (χ3n) is 10.9. The van der Waals surface area contributed by atoms with Crippen LogP contribution in [-0.4, -0.2) is 37.2 Å². The predicted octanol–water partition coefficient (Wildman–Crippen LogP) is 16.1. The monoisotopic (exact) mass is 815 g/mol. The molecule has 0 radical (unpaired) electrons. The lowest BCUT2D eigenvalue weighted by atomic mass is 10.0. The van der Waals surface area contributed by atoms with Crippen LogP contribution in [0.1, 0.15) is 258 Å². The number of allylic oxidation sites excluding steroid dienone is 6. The Hall–Kier alpha value is -2.37. The second-order valence-corrected chi connectivity index (χ2v) is 16.7. The summed E-state index contributed by atoms with van der Waals surface area (Å²) >= 11 is 0. The van der Waals surface area contributed by atoms with E-state index in [0.29, 0.717) is 19.3 Å². The molecule has 6 heteroatoms. The van der Waals surface area contributed by atoms with Gasteiger partial charge in [-0.15, -0.1) is 0 Å². The number of hydrogen-bond acceptors (Lipinski definition) is 6. The van der Waals surface area contributed by atoms with Crippen LogP contribution < -0.4 is 0 Å². The van der Waals surface area contributed by atoms with Crippen LogP contribution in [-0.2, 0) is 28.6 Å². The molecule has 0 aromatic rings. The maximum atomic E-state index is 12.8. The number of unbranched alkanes of at least 4 members (excludes halogenated alkanes) is 28. The molecule has 0 saturated carbocycles. The lowest BCUT2D eigenvalue weighted by Gasteiger charge is -2.18. The van der Waals surface area contributed by atoms with Gasteiger partial charge in [0.2, 0.25) is 0 Å². The molecule has 0 aliphatic carbocycles. The summed E-state index contributed by atoms with van der Waals surface area (Å²) in [7, 11) is 0. The molecule has 0 N–H and O–H groups in total. The largest absolute Gasteiger partial charge is 0.462 e. The van der Waals surface area contributed by atoms with Gasteiger partial charge in [0.05, 0.1) is 0 Å². The zero-order valence-electron chi connectivity index (χ0n) is 38.6. The summed E-state index contributed by atoms with van der Waals surface area (Å²) in [5.74, 6) is -0.885. The first-order chi connectivity index (χ1) is 28.5. The van der Waals surface area contributed by atoms with E-state index < -0.39 is 6.10 Å². The van der Waals surface area contributed by atoms with Crippen molar-refractivity contribution in [3.05, 3.63) is 36.5 Å². The fourth-order valence-corrected chi connectivity index (χ4v) is 7.12. The van der Waals surface area contributed by atoms with Gasteiger partial charge in [0, 0.05) is 19.3 Å². The quantitative estimate of drug-likeness (QED) is 0.0264. The first-order valence-corrected chi connectivity index (χ1v) is 25.0. The number of ether oxygens (including phenoxy) is 3. The maximum Gasteiger partial charge on any atom is 0.306 e. The highest BCUT2D eigenvalue weighted by Crippen LogP contribution is 2.15. The topological polar surface area (TPSA) is 78.9 Å². The van der Waals surface area contributed by atoms with Crippen molar-refractivity contribution >= 4 is 17.9 Å². The van der Waals surface area contributed by atoms with Crippen molar-refractivity contribution in [2.24, 2.45) is 0 Å². The SMILES string of the molecule is CC/C=C\C/C=C\CCCCCCCCCC(=O)OCC(COC(=O)CCCCCCC/C=C\CCCCC)OC(=O)CCCCCCCCCCCCCCCC. The van der Waals surface area contributed by atoms with Gasteiger partial charge in [0.1, 0.15) is 13.2 Å². The first-order valence-electron chi connectivity index (χ1n) is 25.0. The summed E-state index contributed by atoms with van der Waals surface area (Å²) in [6.45, 7) is 6.51. The van der Waals surface area contributed by atoms with Crippen LogP contribution in [0.25, 0.3) is 0 Å². The van der Waals surface area contributed by atoms with Gasteiger partial charge in [0.15, 0.2) is 6.10 Å². The van der Waals surface area contributed by atoms with Crippen molar-refractivity contribution in [1.82, 2.24) is 0 Å². The van der Waals surface area contributed by atoms with Gasteiger partial charge in [-0.05, 0) is 70.6 Å². The molecule has 0 rings (SSSR count). The van der Waals surface area contributed by atoms with Crippen molar-refractivity contribution in [1.29, 1.82) is 0 Å². The van der Waals surface area contributed by atoms with Gasteiger partial charge in [-0.1, -0.05) is 205 Å². The first kappa shape index (κ1) is 55.6. The van der Waals surface area contributed by atoms with Crippen LogP contribution in [0.4, 0.5) is 0 Å². The molecule has 0 aromatic carbocycles. The highest BCUT2D eigenvalue weighted by atomic mass is 16.6. The summed E-state index contributed by atoms with van der Waals surface area (Å²) in [6.07, 6.45) is 54.1. The molecule has 0 spiro atoms. The Morgan fingerprint density at radius 2 is 0.672 bits per heavy atom. The molecule has 1 unspecified atom stereocenters. The molecule has 0 aliphatic rings. The Morgan fingerprint density at radius 3 is 1.09 bits per heavy atom. The van der Waals surface area contributed by atoms with E-state index in [0.717, 1.165) is 83.5 Å². The zero-order valence-corrected chi connectivity index (χ0v) is 38.6. The van der Waals surface area contributed by atoms with E-state index in [9.17, 15) is 14.4 Å². The normalized spacial score (nSPS) is 12.3. The molecule has 0 bridgehead atoms. The van der Waals surface area contributed by atoms with E-state index in [-0.39, 0.29) is 31.1 Å². The van der Waals surface area contributed by atoms with Crippen LogP contribution in [0.3, 0.4) is 0 Å². The van der Waals surface area contributed by atoms with Crippen molar-refractivity contribution in [2.75, 3.05) is 13.2 Å². The van der Waals surface area contributed by atoms with E-state index in [4.69, 9.17) is 14.2 Å². The van der Waals surface area contributed by atoms with Gasteiger partial charge < -0.3 is 14.2 Å². The average Bonchev–Trinajstić information content (AvgIpc) is 3.22. The second kappa shape index (κ2) is 47.3. The molecule has 0 heterocycles. The molecular formula is C52H94O6. The highest BCUT2D eigenvalue weighted by Gasteiger charge is 2.19. The van der Waals surface area contributed by atoms with Gasteiger partial charge in [-0.25, -0.2) is 0 Å². The van der Waals surface area contributed by atoms with Crippen LogP contribution in [0.15, 0.2) is 36.5 Å². The Morgan fingerprint density at radius 1 is 0.362 bits per heavy atom. The molecule has 0 aliphatic heterocycles. The molecule has 338 valence electrons. The number of esters is 3. The van der Waals surface area contributed by atoms with Gasteiger partial charge in [-0.3, -0.25) is 14.4 Å². The summed E-state index contributed by atoms with van der Waals surface area (Å²) in [5, 5.41) is 0. The van der Waals surface area contributed by atoms with E-state index >= 15 is 0 Å². The molecule has 1 atom stereocenters. The molecule has 0 amide bonds. The van der Waals surface area contributed by atoms with Crippen molar-refractivity contribution in [2.45, 2.75) is 264 Å². The summed E-state index contributed by atoms with van der Waals surface area (Å²) < 4.78 is 16.8. The van der Waals surface area contributed by atoms with Gasteiger partial charge in [0.25, 0.3) is 0 Å². The molecular weight excluding hydrogens is 721 g/mol. The zero-order chi connectivity index (χ0) is 42.3. The average molecular weight is 815 g/mol. The minimum atomic E-state index is -0.773. The second-order valence-electron chi connectivity index (χ2n) is 16.7. The van der Waals surface area contributed by atoms with Crippen LogP contribution in [0, 0.1) is 0 Å². The summed E-state index contributed by atoms with van der Waals surface area (Å²) in [5.41, 5.74) is 0. The van der Waals surface area contributed by atoms with Crippen LogP contribution >= 0.6 is 0 Å². The minimum absolute atomic E-state index is 0.0764. The lowest BCUT2D eigenvalue weighted by molar-refractivity contribution is -0.167. The lowest BCUT2D eigenvalue weighted by Crippen LogP contribution is -2.30. The fourth-order valence-electron chi connectivity index (χ4n) is 7.12. The van der Waals surface area contributed by atoms with E-state index in [1.807, 2.05) is 0 Å². The third kappa shape index (κ3) is 44.7. The number of rotatable bonds is 45. The van der Waals surface area contributed by atoms with Crippen molar-refractivity contribution in [3.63, 3.8) is 0 Å². The number of carbonyl (C=O) groups excluding carboxylic acids is 3. The van der Waals surface area contributed by atoms with Gasteiger partial charge >= 0.3 is 17.9 Å².